The minimum atomic E-state index is -4.43. The summed E-state index contributed by atoms with van der Waals surface area (Å²) in [6.45, 7) is 2.01. The maximum atomic E-state index is 15.6. The van der Waals surface area contributed by atoms with Crippen molar-refractivity contribution in [3.05, 3.63) is 147 Å². The number of hydrogen-bond donors (Lipinski definition) is 2. The minimum absolute atomic E-state index is 0.173. The van der Waals surface area contributed by atoms with Crippen LogP contribution in [0.1, 0.15) is 53.3 Å². The van der Waals surface area contributed by atoms with Crippen LogP contribution in [0, 0.1) is 11.6 Å². The Balaban J connectivity index is 0.977. The van der Waals surface area contributed by atoms with E-state index in [4.69, 9.17) is 14.2 Å². The molecule has 2 saturated heterocycles. The smallest absolute Gasteiger partial charge is 0.335 e. The molecule has 0 spiro atoms. The standard InChI is InChI=1S/C45H42F2N6O9S/c1-52-40-5-3-2-4-34(40)43(55)53(45(52)57)31-10-6-27(7-11-31)22-39(44(56)62-32-16-20-61-21-17-32)50-42(54)35-23-37(47)38(24-36(35)46)51-63(58,59)33-12-8-28(9-13-33)30-25-48-41(49-26-30)29-14-18-60-19-15-29/h2-13,23-26,29,32,39,51H,14-22H2,1H3,(H,50,54)/t39-/m0/s1. The van der Waals surface area contributed by atoms with Crippen LogP contribution in [0.5, 0.6) is 0 Å². The van der Waals surface area contributed by atoms with Crippen LogP contribution in [0.4, 0.5) is 14.5 Å². The van der Waals surface area contributed by atoms with Gasteiger partial charge >= 0.3 is 11.7 Å². The number of anilines is 1. The Bertz CT molecular complexity index is 2900. The van der Waals surface area contributed by atoms with Crippen molar-refractivity contribution in [3.8, 4) is 16.8 Å². The van der Waals surface area contributed by atoms with Crippen LogP contribution in [-0.4, -0.2) is 78.0 Å². The number of aromatic nitrogens is 4. The molecule has 4 aromatic carbocycles. The fourth-order valence-electron chi connectivity index (χ4n) is 7.60. The van der Waals surface area contributed by atoms with Crippen LogP contribution in [-0.2, 0) is 42.5 Å². The van der Waals surface area contributed by atoms with Gasteiger partial charge in [0, 0.05) is 69.5 Å². The topological polar surface area (TPSA) is 190 Å². The number of halogens is 2. The van der Waals surface area contributed by atoms with Crippen molar-refractivity contribution >= 4 is 38.5 Å². The van der Waals surface area contributed by atoms with E-state index in [1.807, 2.05) is 4.72 Å². The van der Waals surface area contributed by atoms with Crippen molar-refractivity contribution in [1.82, 2.24) is 24.4 Å². The Labute approximate surface area is 359 Å². The normalized spacial score (nSPS) is 15.5. The summed E-state index contributed by atoms with van der Waals surface area (Å²) in [7, 11) is -2.88. The Morgan fingerprint density at radius 2 is 1.49 bits per heavy atom. The predicted molar refractivity (Wildman–Crippen MR) is 227 cm³/mol. The van der Waals surface area contributed by atoms with Gasteiger partial charge in [0.2, 0.25) is 0 Å². The van der Waals surface area contributed by atoms with Crippen LogP contribution in [0.25, 0.3) is 27.7 Å². The molecule has 0 aliphatic carbocycles. The zero-order chi connectivity index (χ0) is 44.3. The molecule has 2 aromatic heterocycles. The lowest BCUT2D eigenvalue weighted by molar-refractivity contribution is -0.155. The molecule has 1 amide bonds. The van der Waals surface area contributed by atoms with E-state index in [1.165, 1.54) is 41.0 Å². The highest BCUT2D eigenvalue weighted by molar-refractivity contribution is 7.92. The summed E-state index contributed by atoms with van der Waals surface area (Å²) >= 11 is 0. The molecule has 0 saturated carbocycles. The second-order valence-corrected chi connectivity index (χ2v) is 17.0. The quantitative estimate of drug-likeness (QED) is 0.154. The molecule has 18 heteroatoms. The maximum absolute atomic E-state index is 15.6. The van der Waals surface area contributed by atoms with Crippen LogP contribution in [0.2, 0.25) is 0 Å². The zero-order valence-corrected chi connectivity index (χ0v) is 34.8. The molecule has 63 heavy (non-hydrogen) atoms. The highest BCUT2D eigenvalue weighted by atomic mass is 32.2. The van der Waals surface area contributed by atoms with E-state index in [9.17, 15) is 27.6 Å². The summed E-state index contributed by atoms with van der Waals surface area (Å²) in [5.41, 5.74) is -0.146. The first kappa shape index (κ1) is 43.0. The molecule has 0 bridgehead atoms. The first-order valence-corrected chi connectivity index (χ1v) is 21.8. The molecule has 2 fully saturated rings. The van der Waals surface area contributed by atoms with Gasteiger partial charge in [-0.15, -0.1) is 0 Å². The Kier molecular flexibility index (Phi) is 12.6. The molecule has 8 rings (SSSR count). The van der Waals surface area contributed by atoms with Crippen molar-refractivity contribution < 1.29 is 41.0 Å². The molecule has 15 nitrogen and oxygen atoms in total. The van der Waals surface area contributed by atoms with Crippen molar-refractivity contribution in [2.75, 3.05) is 31.1 Å². The number of nitrogens with zero attached hydrogens (tertiary/aromatic N) is 4. The first-order chi connectivity index (χ1) is 30.4. The van der Waals surface area contributed by atoms with Crippen LogP contribution in [0.3, 0.4) is 0 Å². The van der Waals surface area contributed by atoms with E-state index in [0.717, 1.165) is 17.4 Å². The third kappa shape index (κ3) is 9.42. The molecule has 2 aliphatic rings. The molecular formula is C45H42F2N6O9S. The summed E-state index contributed by atoms with van der Waals surface area (Å²) in [5, 5.41) is 2.79. The fourth-order valence-corrected chi connectivity index (χ4v) is 8.66. The molecule has 4 heterocycles. The number of sulfonamides is 1. The Morgan fingerprint density at radius 3 is 2.17 bits per heavy atom. The molecule has 326 valence electrons. The number of aryl methyl sites for hydroxylation is 1. The van der Waals surface area contributed by atoms with Gasteiger partial charge in [-0.1, -0.05) is 36.4 Å². The average Bonchev–Trinajstić information content (AvgIpc) is 3.30. The monoisotopic (exact) mass is 880 g/mol. The summed E-state index contributed by atoms with van der Waals surface area (Å²) in [6, 6.07) is 18.2. The number of ether oxygens (including phenoxy) is 3. The minimum Gasteiger partial charge on any atom is -0.461 e. The van der Waals surface area contributed by atoms with Crippen LogP contribution in [0.15, 0.2) is 112 Å². The van der Waals surface area contributed by atoms with E-state index in [-0.39, 0.29) is 22.9 Å². The van der Waals surface area contributed by atoms with Crippen molar-refractivity contribution in [1.29, 1.82) is 0 Å². The maximum Gasteiger partial charge on any atom is 0.335 e. The number of esters is 1. The Morgan fingerprint density at radius 1 is 0.841 bits per heavy atom. The molecule has 2 aliphatic heterocycles. The summed E-state index contributed by atoms with van der Waals surface area (Å²) in [5.74, 6) is -3.61. The van der Waals surface area contributed by atoms with E-state index in [1.54, 1.807) is 55.8 Å². The largest absolute Gasteiger partial charge is 0.461 e. The van der Waals surface area contributed by atoms with Gasteiger partial charge in [-0.3, -0.25) is 18.9 Å². The van der Waals surface area contributed by atoms with Gasteiger partial charge in [-0.2, -0.15) is 0 Å². The number of hydrogen-bond acceptors (Lipinski definition) is 11. The van der Waals surface area contributed by atoms with Gasteiger partial charge in [0.05, 0.1) is 46.0 Å². The molecule has 1 atom stereocenters. The van der Waals surface area contributed by atoms with Crippen molar-refractivity contribution in [3.63, 3.8) is 0 Å². The second kappa shape index (κ2) is 18.4. The van der Waals surface area contributed by atoms with E-state index in [2.05, 4.69) is 15.3 Å². The Hall–Kier alpha value is -6.63. The average molecular weight is 881 g/mol. The molecule has 0 unspecified atom stereocenters. The van der Waals surface area contributed by atoms with Gasteiger partial charge in [0.15, 0.2) is 0 Å². The van der Waals surface area contributed by atoms with Gasteiger partial charge in [-0.25, -0.2) is 41.3 Å². The lowest BCUT2D eigenvalue weighted by Crippen LogP contribution is -2.45. The summed E-state index contributed by atoms with van der Waals surface area (Å²) in [6.07, 6.45) is 5.12. The fraction of sp³-hybridized carbons (Fsp3) is 0.289. The number of fused-ring (bicyclic) bond motifs is 1. The van der Waals surface area contributed by atoms with Gasteiger partial charge in [0.1, 0.15) is 29.6 Å². The number of carbonyl (C=O) groups is 2. The number of nitrogens with one attached hydrogen (secondary N) is 2. The van der Waals surface area contributed by atoms with Gasteiger partial charge in [0.25, 0.3) is 21.5 Å². The predicted octanol–water partition coefficient (Wildman–Crippen LogP) is 5.18. The van der Waals surface area contributed by atoms with Gasteiger partial charge < -0.3 is 19.5 Å². The zero-order valence-electron chi connectivity index (χ0n) is 34.0. The lowest BCUT2D eigenvalue weighted by atomic mass is 9.99. The molecular weight excluding hydrogens is 839 g/mol. The van der Waals surface area contributed by atoms with E-state index < -0.39 is 68.2 Å². The van der Waals surface area contributed by atoms with Crippen LogP contribution >= 0.6 is 0 Å². The number of para-hydroxylation sites is 1. The summed E-state index contributed by atoms with van der Waals surface area (Å²) in [4.78, 5) is 62.4. The van der Waals surface area contributed by atoms with Crippen molar-refractivity contribution in [2.24, 2.45) is 7.05 Å². The third-order valence-electron chi connectivity index (χ3n) is 11.2. The van der Waals surface area contributed by atoms with Gasteiger partial charge in [-0.05, 0) is 66.4 Å². The lowest BCUT2D eigenvalue weighted by Gasteiger charge is -2.25. The van der Waals surface area contributed by atoms with Crippen molar-refractivity contribution in [2.45, 2.75) is 55.1 Å². The molecule has 0 radical (unpaired) electrons. The van der Waals surface area contributed by atoms with E-state index >= 15 is 8.78 Å². The number of rotatable bonds is 12. The second-order valence-electron chi connectivity index (χ2n) is 15.3. The summed E-state index contributed by atoms with van der Waals surface area (Å²) < 4.78 is 78.6. The van der Waals surface area contributed by atoms with E-state index in [0.29, 0.717) is 84.8 Å². The highest BCUT2D eigenvalue weighted by Gasteiger charge is 2.29. The first-order valence-electron chi connectivity index (χ1n) is 20.3. The highest BCUT2D eigenvalue weighted by Crippen LogP contribution is 2.28. The van der Waals surface area contributed by atoms with Crippen LogP contribution < -0.4 is 21.3 Å². The SMILES string of the molecule is Cn1c(=O)n(-c2ccc(C[C@H](NC(=O)c3cc(F)c(NS(=O)(=O)c4ccc(-c5cnc(C6CCOCC6)nc5)cc4)cc3F)C(=O)OC3CCOCC3)cc2)c(=O)c2ccccc21. The number of carbonyl (C=O) groups excluding carboxylic acids is 2. The number of amides is 1. The molecule has 2 N–H and O–H groups in total. The number of benzene rings is 4. The third-order valence-corrected chi connectivity index (χ3v) is 12.5. The molecule has 6 aromatic rings.